The fraction of sp³-hybridized carbons (Fsp3) is 0.353. The highest BCUT2D eigenvalue weighted by Gasteiger charge is 2.54. The highest BCUT2D eigenvalue weighted by molar-refractivity contribution is 8.01. The Morgan fingerprint density at radius 1 is 1.46 bits per heavy atom. The SMILES string of the molecule is CON=C(C(=O)NC1C(=O)N2C(C(=O)O)=C(CSc3nnnn3C)CS[C@@H]12)c1csc(NC=O)n1. The van der Waals surface area contributed by atoms with Gasteiger partial charge in [-0.05, 0) is 16.0 Å². The minimum absolute atomic E-state index is 0.110. The summed E-state index contributed by atoms with van der Waals surface area (Å²) in [6.07, 6.45) is 0.447. The van der Waals surface area contributed by atoms with Gasteiger partial charge in [-0.15, -0.1) is 28.2 Å². The van der Waals surface area contributed by atoms with Gasteiger partial charge in [0.2, 0.25) is 11.6 Å². The second-order valence-corrected chi connectivity index (χ2v) is 9.82. The van der Waals surface area contributed by atoms with Crippen LogP contribution in [0, 0.1) is 0 Å². The van der Waals surface area contributed by atoms with Crippen molar-refractivity contribution >= 4 is 69.9 Å². The Bertz CT molecular complexity index is 1240. The number of β-lactam (4-membered cyclic amide) rings is 1. The van der Waals surface area contributed by atoms with Gasteiger partial charge in [0.25, 0.3) is 11.8 Å². The number of aromatic nitrogens is 5. The van der Waals surface area contributed by atoms with E-state index in [2.05, 4.69) is 36.3 Å². The van der Waals surface area contributed by atoms with E-state index in [1.807, 2.05) is 0 Å². The van der Waals surface area contributed by atoms with Crippen LogP contribution in [-0.2, 0) is 31.1 Å². The molecule has 4 rings (SSSR count). The van der Waals surface area contributed by atoms with E-state index in [1.165, 1.54) is 45.6 Å². The fourth-order valence-electron chi connectivity index (χ4n) is 3.29. The maximum Gasteiger partial charge on any atom is 0.352 e. The molecule has 1 fully saturated rings. The Hall–Kier alpha value is -3.51. The van der Waals surface area contributed by atoms with E-state index in [0.29, 0.717) is 22.9 Å². The summed E-state index contributed by atoms with van der Waals surface area (Å²) in [5.41, 5.74) is 0.381. The van der Waals surface area contributed by atoms with Gasteiger partial charge in [-0.3, -0.25) is 19.3 Å². The summed E-state index contributed by atoms with van der Waals surface area (Å²) in [6.45, 7) is 0. The van der Waals surface area contributed by atoms with Crippen LogP contribution in [0.15, 0.2) is 27.0 Å². The molecule has 2 aliphatic rings. The number of thiazole rings is 1. The van der Waals surface area contributed by atoms with Gasteiger partial charge in [-0.2, -0.15) is 0 Å². The van der Waals surface area contributed by atoms with Gasteiger partial charge in [0.15, 0.2) is 10.8 Å². The van der Waals surface area contributed by atoms with Crippen LogP contribution in [0.3, 0.4) is 0 Å². The number of tetrazole rings is 1. The van der Waals surface area contributed by atoms with Gasteiger partial charge < -0.3 is 20.6 Å². The molecule has 18 heteroatoms. The van der Waals surface area contributed by atoms with Crippen LogP contribution in [0.4, 0.5) is 5.13 Å². The Labute approximate surface area is 209 Å². The van der Waals surface area contributed by atoms with Crippen LogP contribution in [0.25, 0.3) is 0 Å². The summed E-state index contributed by atoms with van der Waals surface area (Å²) >= 11 is 3.66. The Kier molecular flexibility index (Phi) is 7.31. The number of rotatable bonds is 10. The lowest BCUT2D eigenvalue weighted by molar-refractivity contribution is -0.150. The lowest BCUT2D eigenvalue weighted by atomic mass is 10.0. The number of hydrogen-bond acceptors (Lipinski definition) is 13. The normalized spacial score (nSPS) is 19.7. The second kappa shape index (κ2) is 10.4. The van der Waals surface area contributed by atoms with E-state index in [1.54, 1.807) is 7.05 Å². The largest absolute Gasteiger partial charge is 0.477 e. The fourth-order valence-corrected chi connectivity index (χ4v) is 6.28. The highest BCUT2D eigenvalue weighted by atomic mass is 32.2. The molecule has 2 aromatic rings. The molecule has 0 spiro atoms. The number of nitrogens with one attached hydrogen (secondary N) is 2. The summed E-state index contributed by atoms with van der Waals surface area (Å²) < 4.78 is 1.46. The third-order valence-electron chi connectivity index (χ3n) is 4.82. The van der Waals surface area contributed by atoms with Gasteiger partial charge in [0, 0.05) is 23.9 Å². The average Bonchev–Trinajstić information content (AvgIpc) is 3.47. The minimum atomic E-state index is -1.24. The summed E-state index contributed by atoms with van der Waals surface area (Å²) in [5, 5.41) is 31.2. The third-order valence-corrected chi connectivity index (χ3v) is 8.03. The number of aliphatic carboxylic acids is 1. The summed E-state index contributed by atoms with van der Waals surface area (Å²) in [4.78, 5) is 58.4. The molecule has 0 saturated carbocycles. The maximum absolute atomic E-state index is 12.9. The van der Waals surface area contributed by atoms with Crippen molar-refractivity contribution in [3.63, 3.8) is 0 Å². The third kappa shape index (κ3) is 4.84. The van der Waals surface area contributed by atoms with E-state index in [0.717, 1.165) is 11.3 Å². The first-order valence-corrected chi connectivity index (χ1v) is 12.6. The van der Waals surface area contributed by atoms with Crippen LogP contribution in [0.2, 0.25) is 0 Å². The molecule has 2 aromatic heterocycles. The number of anilines is 1. The number of oxime groups is 1. The Balaban J connectivity index is 1.48. The van der Waals surface area contributed by atoms with Crippen molar-refractivity contribution in [2.75, 3.05) is 23.9 Å². The van der Waals surface area contributed by atoms with Gasteiger partial charge in [0.1, 0.15) is 29.9 Å². The van der Waals surface area contributed by atoms with E-state index in [-0.39, 0.29) is 28.0 Å². The predicted molar refractivity (Wildman–Crippen MR) is 125 cm³/mol. The smallest absolute Gasteiger partial charge is 0.352 e. The van der Waals surface area contributed by atoms with Gasteiger partial charge in [-0.25, -0.2) is 14.5 Å². The van der Waals surface area contributed by atoms with Crippen LogP contribution < -0.4 is 10.6 Å². The van der Waals surface area contributed by atoms with Crippen LogP contribution >= 0.6 is 34.9 Å². The molecule has 184 valence electrons. The summed E-state index contributed by atoms with van der Waals surface area (Å²) in [6, 6.07) is -0.966. The average molecular weight is 540 g/mol. The molecule has 1 saturated heterocycles. The molecule has 0 aromatic carbocycles. The number of amides is 3. The monoisotopic (exact) mass is 539 g/mol. The van der Waals surface area contributed by atoms with Crippen LogP contribution in [0.1, 0.15) is 5.69 Å². The number of carboxylic acid groups (broad SMARTS) is 1. The quantitative estimate of drug-likeness (QED) is 0.111. The molecule has 3 N–H and O–H groups in total. The van der Waals surface area contributed by atoms with Crippen molar-refractivity contribution in [3.8, 4) is 0 Å². The van der Waals surface area contributed by atoms with Crippen molar-refractivity contribution < 1.29 is 29.1 Å². The molecule has 2 aliphatic heterocycles. The van der Waals surface area contributed by atoms with Crippen LogP contribution in [-0.4, -0.2) is 95.1 Å². The molecule has 3 amide bonds. The molecule has 35 heavy (non-hydrogen) atoms. The summed E-state index contributed by atoms with van der Waals surface area (Å²) in [5.74, 6) is -1.91. The Morgan fingerprint density at radius 3 is 2.91 bits per heavy atom. The molecular formula is C17H17N9O6S3. The van der Waals surface area contributed by atoms with Crippen molar-refractivity contribution in [2.24, 2.45) is 12.2 Å². The van der Waals surface area contributed by atoms with E-state index in [9.17, 15) is 24.3 Å². The first kappa shape index (κ1) is 24.6. The van der Waals surface area contributed by atoms with E-state index in [4.69, 9.17) is 4.84 Å². The van der Waals surface area contributed by atoms with Gasteiger partial charge in [-0.1, -0.05) is 16.9 Å². The number of carbonyl (C=O) groups excluding carboxylic acids is 3. The second-order valence-electron chi connectivity index (χ2n) is 6.91. The number of carboxylic acids is 1. The lowest BCUT2D eigenvalue weighted by Crippen LogP contribution is -2.71. The highest BCUT2D eigenvalue weighted by Crippen LogP contribution is 2.41. The van der Waals surface area contributed by atoms with E-state index < -0.39 is 29.2 Å². The standard InChI is InChI=1S/C17H17N9O6S3/c1-25-17(21-23-24-25)35-4-7-3-33-14-10(13(29)26(14)11(7)15(30)31)20-12(28)9(22-32-2)8-5-34-16(19-8)18-6-27/h5-6,10,14H,3-4H2,1-2H3,(H,20,28)(H,30,31)(H,18,19,27)/t10?,14-/m0/s1. The molecule has 4 heterocycles. The van der Waals surface area contributed by atoms with Crippen molar-refractivity contribution in [3.05, 3.63) is 22.3 Å². The number of aryl methyl sites for hydroxylation is 1. The first-order chi connectivity index (χ1) is 16.8. The summed E-state index contributed by atoms with van der Waals surface area (Å²) in [7, 11) is 2.91. The maximum atomic E-state index is 12.9. The lowest BCUT2D eigenvalue weighted by Gasteiger charge is -2.49. The first-order valence-electron chi connectivity index (χ1n) is 9.69. The predicted octanol–water partition coefficient (Wildman–Crippen LogP) is -0.884. The number of carbonyl (C=O) groups is 4. The number of fused-ring (bicyclic) bond motifs is 1. The van der Waals surface area contributed by atoms with Gasteiger partial charge in [0.05, 0.1) is 0 Å². The number of thioether (sulfide) groups is 2. The Morgan fingerprint density at radius 2 is 2.26 bits per heavy atom. The van der Waals surface area contributed by atoms with Crippen molar-refractivity contribution in [2.45, 2.75) is 16.6 Å². The molecular weight excluding hydrogens is 522 g/mol. The minimum Gasteiger partial charge on any atom is -0.477 e. The number of nitrogens with zero attached hydrogens (tertiary/aromatic N) is 7. The molecule has 0 radical (unpaired) electrons. The zero-order valence-electron chi connectivity index (χ0n) is 18.1. The molecule has 15 nitrogen and oxygen atoms in total. The topological polar surface area (TPSA) is 194 Å². The van der Waals surface area contributed by atoms with E-state index >= 15 is 0 Å². The van der Waals surface area contributed by atoms with Gasteiger partial charge >= 0.3 is 5.97 Å². The van der Waals surface area contributed by atoms with Crippen molar-refractivity contribution in [1.29, 1.82) is 0 Å². The zero-order chi connectivity index (χ0) is 25.1. The molecule has 2 atom stereocenters. The molecule has 1 unspecified atom stereocenters. The number of hydrogen-bond donors (Lipinski definition) is 3. The molecule has 0 aliphatic carbocycles. The molecule has 0 bridgehead atoms. The van der Waals surface area contributed by atoms with Crippen molar-refractivity contribution in [1.82, 2.24) is 35.4 Å². The zero-order valence-corrected chi connectivity index (χ0v) is 20.5. The van der Waals surface area contributed by atoms with Crippen LogP contribution in [0.5, 0.6) is 0 Å².